The molecule has 0 radical (unpaired) electrons. The first-order chi connectivity index (χ1) is 11.5. The van der Waals surface area contributed by atoms with Crippen LogP contribution in [-0.4, -0.2) is 47.7 Å². The maximum Gasteiger partial charge on any atom is 0.329 e. The van der Waals surface area contributed by atoms with E-state index in [0.717, 1.165) is 0 Å². The molecular formula is C16H18N2O5S. The molecule has 1 aliphatic rings. The SMILES string of the molecule is COc1cc(C#N)ccc1OCC(=O)NC1(C(=O)O)CCSCC1. The normalized spacial score (nSPS) is 15.8. The van der Waals surface area contributed by atoms with Crippen molar-refractivity contribution < 1.29 is 24.2 Å². The van der Waals surface area contributed by atoms with Gasteiger partial charge in [0.05, 0.1) is 18.7 Å². The van der Waals surface area contributed by atoms with Gasteiger partial charge in [-0.15, -0.1) is 0 Å². The third kappa shape index (κ3) is 4.11. The van der Waals surface area contributed by atoms with E-state index < -0.39 is 17.4 Å². The monoisotopic (exact) mass is 350 g/mol. The molecule has 1 amide bonds. The largest absolute Gasteiger partial charge is 0.493 e. The van der Waals surface area contributed by atoms with Crippen LogP contribution in [-0.2, 0) is 9.59 Å². The van der Waals surface area contributed by atoms with Crippen molar-refractivity contribution in [3.63, 3.8) is 0 Å². The molecule has 0 aromatic heterocycles. The van der Waals surface area contributed by atoms with E-state index in [2.05, 4.69) is 5.32 Å². The van der Waals surface area contributed by atoms with Gasteiger partial charge in [-0.1, -0.05) is 0 Å². The number of carbonyl (C=O) groups is 2. The molecule has 0 atom stereocenters. The number of rotatable bonds is 6. The first kappa shape index (κ1) is 17.9. The molecule has 1 heterocycles. The lowest BCUT2D eigenvalue weighted by Crippen LogP contribution is -2.57. The van der Waals surface area contributed by atoms with Crippen LogP contribution < -0.4 is 14.8 Å². The molecule has 2 N–H and O–H groups in total. The van der Waals surface area contributed by atoms with Crippen LogP contribution >= 0.6 is 11.8 Å². The van der Waals surface area contributed by atoms with Crippen LogP contribution in [0.3, 0.4) is 0 Å². The average Bonchev–Trinajstić information content (AvgIpc) is 2.60. The molecular weight excluding hydrogens is 332 g/mol. The molecule has 1 aliphatic heterocycles. The molecule has 7 nitrogen and oxygen atoms in total. The van der Waals surface area contributed by atoms with Gasteiger partial charge in [-0.25, -0.2) is 4.79 Å². The molecule has 2 rings (SSSR count). The topological polar surface area (TPSA) is 109 Å². The zero-order valence-corrected chi connectivity index (χ0v) is 14.0. The third-order valence-corrected chi connectivity index (χ3v) is 4.77. The number of nitrogens with zero attached hydrogens (tertiary/aromatic N) is 1. The molecule has 24 heavy (non-hydrogen) atoms. The average molecular weight is 350 g/mol. The third-order valence-electron chi connectivity index (χ3n) is 3.79. The molecule has 0 saturated carbocycles. The van der Waals surface area contributed by atoms with Crippen LogP contribution in [0.5, 0.6) is 11.5 Å². The van der Waals surface area contributed by atoms with E-state index in [4.69, 9.17) is 14.7 Å². The van der Waals surface area contributed by atoms with Crippen molar-refractivity contribution in [1.29, 1.82) is 5.26 Å². The van der Waals surface area contributed by atoms with Crippen molar-refractivity contribution in [1.82, 2.24) is 5.32 Å². The Labute approximate surface area is 143 Å². The van der Waals surface area contributed by atoms with E-state index in [-0.39, 0.29) is 6.61 Å². The molecule has 0 aliphatic carbocycles. The maximum atomic E-state index is 12.1. The van der Waals surface area contributed by atoms with Gasteiger partial charge in [0.2, 0.25) is 0 Å². The van der Waals surface area contributed by atoms with Crippen molar-refractivity contribution in [3.8, 4) is 17.6 Å². The molecule has 8 heteroatoms. The number of methoxy groups -OCH3 is 1. The lowest BCUT2D eigenvalue weighted by Gasteiger charge is -2.33. The quantitative estimate of drug-likeness (QED) is 0.798. The van der Waals surface area contributed by atoms with Gasteiger partial charge >= 0.3 is 5.97 Å². The van der Waals surface area contributed by atoms with E-state index >= 15 is 0 Å². The number of hydrogen-bond acceptors (Lipinski definition) is 6. The second kappa shape index (κ2) is 7.93. The smallest absolute Gasteiger partial charge is 0.329 e. The summed E-state index contributed by atoms with van der Waals surface area (Å²) in [7, 11) is 1.43. The minimum Gasteiger partial charge on any atom is -0.493 e. The van der Waals surface area contributed by atoms with Gasteiger partial charge in [-0.05, 0) is 36.5 Å². The molecule has 128 valence electrons. The van der Waals surface area contributed by atoms with Gasteiger partial charge < -0.3 is 19.9 Å². The lowest BCUT2D eigenvalue weighted by molar-refractivity contribution is -0.148. The van der Waals surface area contributed by atoms with Gasteiger partial charge in [-0.2, -0.15) is 17.0 Å². The zero-order chi connectivity index (χ0) is 17.6. The summed E-state index contributed by atoms with van der Waals surface area (Å²) in [6, 6.07) is 6.57. The fourth-order valence-electron chi connectivity index (χ4n) is 2.41. The molecule has 1 aromatic carbocycles. The number of hydrogen-bond donors (Lipinski definition) is 2. The van der Waals surface area contributed by atoms with Crippen LogP contribution in [0.4, 0.5) is 0 Å². The number of ether oxygens (including phenoxy) is 2. The highest BCUT2D eigenvalue weighted by Crippen LogP contribution is 2.29. The summed E-state index contributed by atoms with van der Waals surface area (Å²) in [4.78, 5) is 23.7. The van der Waals surface area contributed by atoms with Crippen LogP contribution in [0.25, 0.3) is 0 Å². The molecule has 1 aromatic rings. The van der Waals surface area contributed by atoms with E-state index in [1.807, 2.05) is 6.07 Å². The maximum absolute atomic E-state index is 12.1. The van der Waals surface area contributed by atoms with Gasteiger partial charge in [0.15, 0.2) is 18.1 Å². The van der Waals surface area contributed by atoms with E-state index in [0.29, 0.717) is 41.4 Å². The van der Waals surface area contributed by atoms with Crippen LogP contribution in [0, 0.1) is 11.3 Å². The lowest BCUT2D eigenvalue weighted by atomic mass is 9.92. The van der Waals surface area contributed by atoms with Crippen molar-refractivity contribution >= 4 is 23.6 Å². The van der Waals surface area contributed by atoms with Crippen LogP contribution in [0.1, 0.15) is 18.4 Å². The van der Waals surface area contributed by atoms with Gasteiger partial charge in [0.25, 0.3) is 5.91 Å². The Hall–Kier alpha value is -2.40. The highest BCUT2D eigenvalue weighted by Gasteiger charge is 2.41. The minimum absolute atomic E-state index is 0.315. The van der Waals surface area contributed by atoms with Crippen LogP contribution in [0.2, 0.25) is 0 Å². The molecule has 1 saturated heterocycles. The molecule has 0 unspecified atom stereocenters. The van der Waals surface area contributed by atoms with Crippen molar-refractivity contribution in [2.45, 2.75) is 18.4 Å². The van der Waals surface area contributed by atoms with E-state index in [1.54, 1.807) is 17.8 Å². The number of nitrogens with one attached hydrogen (secondary N) is 1. The number of benzene rings is 1. The fraction of sp³-hybridized carbons (Fsp3) is 0.438. The molecule has 0 spiro atoms. The number of amides is 1. The van der Waals surface area contributed by atoms with E-state index in [9.17, 15) is 14.7 Å². The number of thioether (sulfide) groups is 1. The Bertz CT molecular complexity index is 665. The Morgan fingerprint density at radius 2 is 2.08 bits per heavy atom. The summed E-state index contributed by atoms with van der Waals surface area (Å²) < 4.78 is 10.5. The summed E-state index contributed by atoms with van der Waals surface area (Å²) in [5.41, 5.74) is -0.811. The van der Waals surface area contributed by atoms with E-state index in [1.165, 1.54) is 19.2 Å². The number of aliphatic carboxylic acids is 1. The summed E-state index contributed by atoms with van der Waals surface area (Å²) >= 11 is 1.67. The Morgan fingerprint density at radius 3 is 2.67 bits per heavy atom. The summed E-state index contributed by atoms with van der Waals surface area (Å²) in [5.74, 6) is 0.509. The van der Waals surface area contributed by atoms with Gasteiger partial charge in [0, 0.05) is 6.07 Å². The second-order valence-corrected chi connectivity index (χ2v) is 6.54. The summed E-state index contributed by atoms with van der Waals surface area (Å²) in [6.45, 7) is -0.329. The molecule has 0 bridgehead atoms. The summed E-state index contributed by atoms with van der Waals surface area (Å²) in [5, 5.41) is 20.9. The fourth-order valence-corrected chi connectivity index (χ4v) is 3.60. The number of carbonyl (C=O) groups excluding carboxylic acids is 1. The highest BCUT2D eigenvalue weighted by molar-refractivity contribution is 7.99. The zero-order valence-electron chi connectivity index (χ0n) is 13.2. The predicted molar refractivity (Wildman–Crippen MR) is 88.3 cm³/mol. The standard InChI is InChI=1S/C16H18N2O5S/c1-22-13-8-11(9-17)2-3-12(13)23-10-14(19)18-16(15(20)21)4-6-24-7-5-16/h2-3,8H,4-7,10H2,1H3,(H,18,19)(H,20,21). The first-order valence-corrected chi connectivity index (χ1v) is 8.49. The Morgan fingerprint density at radius 1 is 1.38 bits per heavy atom. The number of carboxylic acids is 1. The second-order valence-electron chi connectivity index (χ2n) is 5.31. The van der Waals surface area contributed by atoms with Crippen molar-refractivity contribution in [2.24, 2.45) is 0 Å². The van der Waals surface area contributed by atoms with Gasteiger partial charge in [-0.3, -0.25) is 4.79 Å². The van der Waals surface area contributed by atoms with Crippen molar-refractivity contribution in [2.75, 3.05) is 25.2 Å². The van der Waals surface area contributed by atoms with Crippen LogP contribution in [0.15, 0.2) is 18.2 Å². The Kier molecular flexibility index (Phi) is 5.93. The predicted octanol–water partition coefficient (Wildman–Crippen LogP) is 1.41. The summed E-state index contributed by atoms with van der Waals surface area (Å²) in [6.07, 6.45) is 0.776. The Balaban J connectivity index is 2.00. The van der Waals surface area contributed by atoms with Crippen molar-refractivity contribution in [3.05, 3.63) is 23.8 Å². The van der Waals surface area contributed by atoms with Gasteiger partial charge in [0.1, 0.15) is 5.54 Å². The molecule has 1 fully saturated rings. The first-order valence-electron chi connectivity index (χ1n) is 7.34. The number of carboxylic acid groups (broad SMARTS) is 1. The number of nitriles is 1. The minimum atomic E-state index is -1.22. The highest BCUT2D eigenvalue weighted by atomic mass is 32.2.